The van der Waals surface area contributed by atoms with Crippen molar-refractivity contribution >= 4 is 28.5 Å². The number of halogens is 2. The molecule has 1 aliphatic carbocycles. The van der Waals surface area contributed by atoms with Crippen LogP contribution in [0.25, 0.3) is 10.9 Å². The van der Waals surface area contributed by atoms with E-state index in [1.54, 1.807) is 0 Å². The Morgan fingerprint density at radius 3 is 2.74 bits per heavy atom. The van der Waals surface area contributed by atoms with Crippen LogP contribution in [0.1, 0.15) is 29.4 Å². The molecule has 1 fully saturated rings. The van der Waals surface area contributed by atoms with Crippen molar-refractivity contribution in [3.63, 3.8) is 0 Å². The summed E-state index contributed by atoms with van der Waals surface area (Å²) in [7, 11) is 0. The first-order valence-electron chi connectivity index (χ1n) is 5.64. The van der Waals surface area contributed by atoms with E-state index < -0.39 is 22.9 Å². The van der Waals surface area contributed by atoms with E-state index in [-0.39, 0.29) is 16.5 Å². The van der Waals surface area contributed by atoms with Crippen molar-refractivity contribution < 1.29 is 14.3 Å². The second-order valence-corrected chi connectivity index (χ2v) is 4.85. The summed E-state index contributed by atoms with van der Waals surface area (Å²) in [6, 6.07) is 2.32. The lowest BCUT2D eigenvalue weighted by atomic mass is 10.2. The Balaban J connectivity index is 2.45. The van der Waals surface area contributed by atoms with Gasteiger partial charge in [-0.15, -0.1) is 0 Å². The van der Waals surface area contributed by atoms with Crippen LogP contribution in [-0.4, -0.2) is 20.9 Å². The maximum atomic E-state index is 13.5. The first kappa shape index (κ1) is 12.1. The number of carboxylic acids is 1. The van der Waals surface area contributed by atoms with Gasteiger partial charge in [0, 0.05) is 0 Å². The second kappa shape index (κ2) is 4.03. The fourth-order valence-electron chi connectivity index (χ4n) is 1.98. The molecule has 1 aliphatic rings. The quantitative estimate of drug-likeness (QED) is 0.917. The van der Waals surface area contributed by atoms with Gasteiger partial charge in [-0.05, 0) is 25.0 Å². The molecule has 1 N–H and O–H groups in total. The van der Waals surface area contributed by atoms with E-state index in [0.717, 1.165) is 18.9 Å². The number of nitrogens with zero attached hydrogens (tertiary/aromatic N) is 2. The first-order valence-corrected chi connectivity index (χ1v) is 6.01. The van der Waals surface area contributed by atoms with Gasteiger partial charge in [0.1, 0.15) is 5.82 Å². The third-order valence-electron chi connectivity index (χ3n) is 3.05. The second-order valence-electron chi connectivity index (χ2n) is 4.44. The topological polar surface area (TPSA) is 72.2 Å². The van der Waals surface area contributed by atoms with E-state index in [2.05, 4.69) is 5.10 Å². The SMILES string of the molecule is O=C(O)c1nn(C2CC2)c2cc(Cl)c(F)cc2c1=O. The van der Waals surface area contributed by atoms with Gasteiger partial charge in [-0.25, -0.2) is 9.18 Å². The first-order chi connectivity index (χ1) is 8.99. The zero-order valence-electron chi connectivity index (χ0n) is 9.56. The monoisotopic (exact) mass is 282 g/mol. The molecule has 7 heteroatoms. The number of rotatable bonds is 2. The van der Waals surface area contributed by atoms with Gasteiger partial charge in [0.2, 0.25) is 11.1 Å². The normalized spacial score (nSPS) is 14.8. The maximum Gasteiger partial charge on any atom is 0.360 e. The van der Waals surface area contributed by atoms with E-state index in [4.69, 9.17) is 16.7 Å². The van der Waals surface area contributed by atoms with Crippen molar-refractivity contribution in [3.05, 3.63) is 38.9 Å². The lowest BCUT2D eigenvalue weighted by Gasteiger charge is -2.10. The average molecular weight is 283 g/mol. The predicted molar refractivity (Wildman–Crippen MR) is 66.2 cm³/mol. The predicted octanol–water partition coefficient (Wildman–Crippen LogP) is 2.22. The van der Waals surface area contributed by atoms with Crippen LogP contribution in [0.2, 0.25) is 5.02 Å². The highest BCUT2D eigenvalue weighted by Gasteiger charge is 2.28. The molecule has 0 atom stereocenters. The lowest BCUT2D eigenvalue weighted by Crippen LogP contribution is -2.22. The van der Waals surface area contributed by atoms with E-state index >= 15 is 0 Å². The van der Waals surface area contributed by atoms with Crippen LogP contribution in [0.3, 0.4) is 0 Å². The fourth-order valence-corrected chi connectivity index (χ4v) is 2.14. The minimum absolute atomic E-state index is 0.0128. The summed E-state index contributed by atoms with van der Waals surface area (Å²) in [5, 5.41) is 12.7. The molecule has 0 spiro atoms. The summed E-state index contributed by atoms with van der Waals surface area (Å²) in [4.78, 5) is 23.0. The number of carboxylic acid groups (broad SMARTS) is 1. The highest BCUT2D eigenvalue weighted by Crippen LogP contribution is 2.36. The van der Waals surface area contributed by atoms with E-state index in [1.807, 2.05) is 0 Å². The number of benzene rings is 1. The zero-order chi connectivity index (χ0) is 13.7. The molecule has 0 amide bonds. The molecule has 0 aliphatic heterocycles. The summed E-state index contributed by atoms with van der Waals surface area (Å²) >= 11 is 5.70. The molecule has 1 aromatic heterocycles. The van der Waals surface area contributed by atoms with E-state index in [0.29, 0.717) is 5.52 Å². The molecule has 5 nitrogen and oxygen atoms in total. The third kappa shape index (κ3) is 1.88. The Hall–Kier alpha value is -1.95. The van der Waals surface area contributed by atoms with Crippen LogP contribution in [0, 0.1) is 5.82 Å². The van der Waals surface area contributed by atoms with Gasteiger partial charge in [-0.1, -0.05) is 11.6 Å². The van der Waals surface area contributed by atoms with Gasteiger partial charge in [0.25, 0.3) is 0 Å². The molecule has 0 bridgehead atoms. The largest absolute Gasteiger partial charge is 0.476 e. The van der Waals surface area contributed by atoms with Crippen molar-refractivity contribution in [2.24, 2.45) is 0 Å². The van der Waals surface area contributed by atoms with Crippen molar-refractivity contribution in [3.8, 4) is 0 Å². The molecule has 1 saturated carbocycles. The van der Waals surface area contributed by atoms with E-state index in [9.17, 15) is 14.0 Å². The van der Waals surface area contributed by atoms with Gasteiger partial charge < -0.3 is 5.11 Å². The van der Waals surface area contributed by atoms with Crippen LogP contribution in [0.5, 0.6) is 0 Å². The molecular weight excluding hydrogens is 275 g/mol. The molecule has 1 aromatic carbocycles. The van der Waals surface area contributed by atoms with Gasteiger partial charge in [-0.2, -0.15) is 5.10 Å². The number of hydrogen-bond donors (Lipinski definition) is 1. The summed E-state index contributed by atoms with van der Waals surface area (Å²) in [6.45, 7) is 0. The molecule has 0 radical (unpaired) electrons. The summed E-state index contributed by atoms with van der Waals surface area (Å²) in [5.74, 6) is -2.17. The van der Waals surface area contributed by atoms with Crippen LogP contribution < -0.4 is 5.43 Å². The molecule has 19 heavy (non-hydrogen) atoms. The number of fused-ring (bicyclic) bond motifs is 1. The van der Waals surface area contributed by atoms with Crippen LogP contribution in [-0.2, 0) is 0 Å². The summed E-state index contributed by atoms with van der Waals surface area (Å²) in [6.07, 6.45) is 1.69. The van der Waals surface area contributed by atoms with Crippen LogP contribution >= 0.6 is 11.6 Å². The summed E-state index contributed by atoms with van der Waals surface area (Å²) < 4.78 is 14.9. The Kier molecular flexibility index (Phi) is 2.56. The van der Waals surface area contributed by atoms with Gasteiger partial charge in [0.05, 0.1) is 22.0 Å². The molecule has 2 aromatic rings. The molecule has 0 unspecified atom stereocenters. The zero-order valence-corrected chi connectivity index (χ0v) is 10.3. The minimum Gasteiger partial charge on any atom is -0.476 e. The molecular formula is C12H8ClFN2O3. The fraction of sp³-hybridized carbons (Fsp3) is 0.250. The van der Waals surface area contributed by atoms with Crippen LogP contribution in [0.15, 0.2) is 16.9 Å². The number of aromatic nitrogens is 2. The minimum atomic E-state index is -1.42. The van der Waals surface area contributed by atoms with Crippen molar-refractivity contribution in [2.75, 3.05) is 0 Å². The molecule has 3 rings (SSSR count). The Morgan fingerprint density at radius 2 is 2.16 bits per heavy atom. The molecule has 0 saturated heterocycles. The van der Waals surface area contributed by atoms with Crippen molar-refractivity contribution in [2.45, 2.75) is 18.9 Å². The van der Waals surface area contributed by atoms with Gasteiger partial charge in [-0.3, -0.25) is 9.48 Å². The van der Waals surface area contributed by atoms with Gasteiger partial charge >= 0.3 is 5.97 Å². The third-order valence-corrected chi connectivity index (χ3v) is 3.34. The molecule has 1 heterocycles. The highest BCUT2D eigenvalue weighted by molar-refractivity contribution is 6.31. The standard InChI is InChI=1S/C12H8ClFN2O3/c13-7-4-9-6(3-8(7)14)11(17)10(12(18)19)15-16(9)5-1-2-5/h3-5H,1-2H2,(H,18,19). The Morgan fingerprint density at radius 1 is 1.47 bits per heavy atom. The number of aromatic carboxylic acids is 1. The Bertz CT molecular complexity index is 768. The lowest BCUT2D eigenvalue weighted by molar-refractivity contribution is 0.0686. The van der Waals surface area contributed by atoms with E-state index in [1.165, 1.54) is 10.7 Å². The number of hydrogen-bond acceptors (Lipinski definition) is 3. The summed E-state index contributed by atoms with van der Waals surface area (Å²) in [5.41, 5.74) is -1.03. The molecule has 98 valence electrons. The van der Waals surface area contributed by atoms with Crippen molar-refractivity contribution in [1.82, 2.24) is 9.78 Å². The van der Waals surface area contributed by atoms with Gasteiger partial charge in [0.15, 0.2) is 0 Å². The average Bonchev–Trinajstić information content (AvgIpc) is 3.16. The number of carbonyl (C=O) groups is 1. The highest BCUT2D eigenvalue weighted by atomic mass is 35.5. The Labute approximate surface area is 111 Å². The smallest absolute Gasteiger partial charge is 0.360 e. The maximum absolute atomic E-state index is 13.5. The van der Waals surface area contributed by atoms with Crippen LogP contribution in [0.4, 0.5) is 4.39 Å². The van der Waals surface area contributed by atoms with Crippen molar-refractivity contribution in [1.29, 1.82) is 0 Å².